The van der Waals surface area contributed by atoms with Crippen LogP contribution in [0.15, 0.2) is 29.3 Å². The number of piperidine rings is 1. The molecule has 1 aliphatic carbocycles. The quantitative estimate of drug-likeness (QED) is 0.351. The van der Waals surface area contributed by atoms with Gasteiger partial charge in [-0.05, 0) is 68.8 Å². The number of guanidine groups is 1. The van der Waals surface area contributed by atoms with Crippen LogP contribution in [-0.4, -0.2) is 37.5 Å². The number of nitrogens with two attached hydrogens (primary N) is 1. The number of hydrogen-bond donors (Lipinski definition) is 2. The Kier molecular flexibility index (Phi) is 8.42. The number of rotatable bonds is 5. The third kappa shape index (κ3) is 5.98. The normalized spacial score (nSPS) is 24.4. The minimum absolute atomic E-state index is 0. The molecule has 1 aliphatic heterocycles. The van der Waals surface area contributed by atoms with Crippen LogP contribution in [0.1, 0.15) is 49.3 Å². The van der Waals surface area contributed by atoms with Gasteiger partial charge in [0.05, 0.1) is 5.56 Å². The van der Waals surface area contributed by atoms with Crippen LogP contribution in [0.2, 0.25) is 0 Å². The van der Waals surface area contributed by atoms with Crippen molar-refractivity contribution in [2.75, 3.05) is 26.7 Å². The molecule has 0 aromatic heterocycles. The summed E-state index contributed by atoms with van der Waals surface area (Å²) in [7, 11) is 2.03. The standard InChI is InChI=1S/C20H29F3N4.HI/c1-27-11-3-6-16(13-26-19(24)25-12-14-4-2-5-14)18(27)15-7-9-17(10-8-15)20(21,22)23;/h7-10,14,16,18H,2-6,11-13H2,1H3,(H3,24,25,26);1H. The van der Waals surface area contributed by atoms with Crippen LogP contribution in [0.4, 0.5) is 13.2 Å². The first kappa shape index (κ1) is 23.3. The smallest absolute Gasteiger partial charge is 0.370 e. The highest BCUT2D eigenvalue weighted by Gasteiger charge is 2.33. The Morgan fingerprint density at radius 1 is 1.18 bits per heavy atom. The van der Waals surface area contributed by atoms with E-state index in [2.05, 4.69) is 15.2 Å². The number of likely N-dealkylation sites (tertiary alicyclic amines) is 1. The fourth-order valence-corrected chi connectivity index (χ4v) is 4.06. The first-order valence-electron chi connectivity index (χ1n) is 9.76. The first-order chi connectivity index (χ1) is 12.8. The maximum absolute atomic E-state index is 12.8. The van der Waals surface area contributed by atoms with Crippen molar-refractivity contribution in [2.45, 2.75) is 44.3 Å². The largest absolute Gasteiger partial charge is 0.416 e. The van der Waals surface area contributed by atoms with Crippen molar-refractivity contribution in [3.63, 3.8) is 0 Å². The summed E-state index contributed by atoms with van der Waals surface area (Å²) in [4.78, 5) is 6.65. The molecule has 2 aliphatic rings. The Labute approximate surface area is 182 Å². The number of aliphatic imine (C=N–C) groups is 1. The summed E-state index contributed by atoms with van der Waals surface area (Å²) in [6, 6.07) is 5.65. The number of nitrogens with one attached hydrogen (secondary N) is 1. The molecule has 2 fully saturated rings. The minimum Gasteiger partial charge on any atom is -0.370 e. The van der Waals surface area contributed by atoms with Gasteiger partial charge in [0.1, 0.15) is 0 Å². The fraction of sp³-hybridized carbons (Fsp3) is 0.650. The molecular formula is C20H30F3IN4. The van der Waals surface area contributed by atoms with Crippen LogP contribution in [0, 0.1) is 11.8 Å². The van der Waals surface area contributed by atoms with Crippen LogP contribution in [0.3, 0.4) is 0 Å². The number of halogens is 4. The van der Waals surface area contributed by atoms with Gasteiger partial charge < -0.3 is 11.1 Å². The lowest BCUT2D eigenvalue weighted by Gasteiger charge is -2.40. The van der Waals surface area contributed by atoms with Crippen molar-refractivity contribution >= 4 is 29.9 Å². The summed E-state index contributed by atoms with van der Waals surface area (Å²) in [6.07, 6.45) is 1.54. The molecule has 0 radical (unpaired) electrons. The maximum Gasteiger partial charge on any atom is 0.416 e. The average Bonchev–Trinajstić information content (AvgIpc) is 2.58. The highest BCUT2D eigenvalue weighted by atomic mass is 127. The summed E-state index contributed by atoms with van der Waals surface area (Å²) >= 11 is 0. The molecule has 1 aromatic carbocycles. The SMILES string of the molecule is CN1CCCC(CNC(N)=NCC2CCC2)C1c1ccc(C(F)(F)F)cc1.I. The van der Waals surface area contributed by atoms with Crippen LogP contribution < -0.4 is 11.1 Å². The number of alkyl halides is 3. The monoisotopic (exact) mass is 510 g/mol. The van der Waals surface area contributed by atoms with Gasteiger partial charge in [0, 0.05) is 19.1 Å². The van der Waals surface area contributed by atoms with Crippen molar-refractivity contribution in [3.05, 3.63) is 35.4 Å². The van der Waals surface area contributed by atoms with Crippen LogP contribution in [0.25, 0.3) is 0 Å². The van der Waals surface area contributed by atoms with Crippen molar-refractivity contribution in [3.8, 4) is 0 Å². The van der Waals surface area contributed by atoms with Gasteiger partial charge in [-0.2, -0.15) is 13.2 Å². The lowest BCUT2D eigenvalue weighted by molar-refractivity contribution is -0.137. The summed E-state index contributed by atoms with van der Waals surface area (Å²) in [5, 5.41) is 3.23. The Balaban J connectivity index is 0.00000280. The predicted molar refractivity (Wildman–Crippen MR) is 117 cm³/mol. The second-order valence-corrected chi connectivity index (χ2v) is 7.85. The third-order valence-electron chi connectivity index (χ3n) is 5.88. The summed E-state index contributed by atoms with van der Waals surface area (Å²) < 4.78 is 38.5. The molecule has 4 nitrogen and oxygen atoms in total. The molecule has 1 aromatic rings. The molecule has 0 spiro atoms. The van der Waals surface area contributed by atoms with Gasteiger partial charge >= 0.3 is 6.18 Å². The van der Waals surface area contributed by atoms with E-state index in [0.29, 0.717) is 18.4 Å². The van der Waals surface area contributed by atoms with Crippen molar-refractivity contribution in [1.82, 2.24) is 10.2 Å². The number of benzene rings is 1. The molecule has 1 heterocycles. The zero-order valence-electron chi connectivity index (χ0n) is 16.2. The van der Waals surface area contributed by atoms with E-state index in [9.17, 15) is 13.2 Å². The Morgan fingerprint density at radius 3 is 2.43 bits per heavy atom. The second kappa shape index (κ2) is 10.1. The van der Waals surface area contributed by atoms with E-state index in [4.69, 9.17) is 5.73 Å². The summed E-state index contributed by atoms with van der Waals surface area (Å²) in [5.74, 6) is 1.42. The molecule has 28 heavy (non-hydrogen) atoms. The van der Waals surface area contributed by atoms with E-state index in [1.54, 1.807) is 12.1 Å². The zero-order valence-corrected chi connectivity index (χ0v) is 18.5. The lowest BCUT2D eigenvalue weighted by atomic mass is 9.84. The molecule has 1 saturated heterocycles. The molecule has 3 rings (SSSR count). The average molecular weight is 510 g/mol. The van der Waals surface area contributed by atoms with Gasteiger partial charge in [-0.3, -0.25) is 9.89 Å². The van der Waals surface area contributed by atoms with E-state index >= 15 is 0 Å². The topological polar surface area (TPSA) is 53.6 Å². The van der Waals surface area contributed by atoms with Gasteiger partial charge in [-0.15, -0.1) is 24.0 Å². The van der Waals surface area contributed by atoms with Crippen molar-refractivity contribution in [1.29, 1.82) is 0 Å². The third-order valence-corrected chi connectivity index (χ3v) is 5.88. The van der Waals surface area contributed by atoms with Crippen LogP contribution in [0.5, 0.6) is 0 Å². The number of nitrogens with zero attached hydrogens (tertiary/aromatic N) is 2. The van der Waals surface area contributed by atoms with Gasteiger partial charge in [-0.25, -0.2) is 0 Å². The molecular weight excluding hydrogens is 480 g/mol. The molecule has 2 atom stereocenters. The van der Waals surface area contributed by atoms with E-state index in [1.807, 2.05) is 7.05 Å². The molecule has 1 saturated carbocycles. The summed E-state index contributed by atoms with van der Waals surface area (Å²) in [5.41, 5.74) is 6.32. The molecule has 3 N–H and O–H groups in total. The van der Waals surface area contributed by atoms with Crippen molar-refractivity contribution in [2.24, 2.45) is 22.6 Å². The fourth-order valence-electron chi connectivity index (χ4n) is 4.06. The lowest BCUT2D eigenvalue weighted by Crippen LogP contribution is -2.43. The van der Waals surface area contributed by atoms with Crippen LogP contribution in [-0.2, 0) is 6.18 Å². The molecule has 2 unspecified atom stereocenters. The Hall–Kier alpha value is -1.03. The van der Waals surface area contributed by atoms with Crippen molar-refractivity contribution < 1.29 is 13.2 Å². The van der Waals surface area contributed by atoms with E-state index in [-0.39, 0.29) is 35.9 Å². The first-order valence-corrected chi connectivity index (χ1v) is 9.76. The van der Waals surface area contributed by atoms with Gasteiger partial charge in [0.2, 0.25) is 0 Å². The maximum atomic E-state index is 12.8. The highest BCUT2D eigenvalue weighted by Crippen LogP contribution is 2.36. The molecule has 0 bridgehead atoms. The van der Waals surface area contributed by atoms with Crippen LogP contribution >= 0.6 is 24.0 Å². The van der Waals surface area contributed by atoms with Gasteiger partial charge in [0.25, 0.3) is 0 Å². The Bertz CT molecular complexity index is 644. The highest BCUT2D eigenvalue weighted by molar-refractivity contribution is 14.0. The van der Waals surface area contributed by atoms with E-state index < -0.39 is 11.7 Å². The minimum atomic E-state index is -4.30. The Morgan fingerprint density at radius 2 is 1.86 bits per heavy atom. The molecule has 8 heteroatoms. The zero-order chi connectivity index (χ0) is 19.4. The number of hydrogen-bond acceptors (Lipinski definition) is 2. The predicted octanol–water partition coefficient (Wildman–Crippen LogP) is 4.41. The second-order valence-electron chi connectivity index (χ2n) is 7.85. The summed E-state index contributed by atoms with van der Waals surface area (Å²) in [6.45, 7) is 2.40. The van der Waals surface area contributed by atoms with E-state index in [0.717, 1.165) is 31.5 Å². The molecule has 0 amide bonds. The van der Waals surface area contributed by atoms with Gasteiger partial charge in [-0.1, -0.05) is 18.6 Å². The van der Waals surface area contributed by atoms with E-state index in [1.165, 1.54) is 31.4 Å². The molecule has 158 valence electrons. The van der Waals surface area contributed by atoms with Gasteiger partial charge in [0.15, 0.2) is 5.96 Å².